The molecule has 1 N–H and O–H groups in total. The molecule has 9 nitrogen and oxygen atoms in total. The highest BCUT2D eigenvalue weighted by molar-refractivity contribution is 7.92. The van der Waals surface area contributed by atoms with Crippen molar-refractivity contribution in [3.8, 4) is 5.75 Å². The number of nitro benzene ring substituents is 1. The molecule has 0 aliphatic carbocycles. The first kappa shape index (κ1) is 22.2. The molecule has 0 aromatic heterocycles. The zero-order valence-corrected chi connectivity index (χ0v) is 17.4. The van der Waals surface area contributed by atoms with Crippen molar-refractivity contribution in [3.05, 3.63) is 58.1 Å². The Bertz CT molecular complexity index is 1010. The van der Waals surface area contributed by atoms with Crippen LogP contribution in [0.4, 0.5) is 17.1 Å². The van der Waals surface area contributed by atoms with Gasteiger partial charge in [-0.2, -0.15) is 0 Å². The molecule has 0 aliphatic heterocycles. The molecule has 2 rings (SSSR count). The highest BCUT2D eigenvalue weighted by Gasteiger charge is 2.32. The van der Waals surface area contributed by atoms with Crippen molar-refractivity contribution in [2.45, 2.75) is 26.3 Å². The van der Waals surface area contributed by atoms with E-state index in [2.05, 4.69) is 5.32 Å². The van der Waals surface area contributed by atoms with Gasteiger partial charge in [0.05, 0.1) is 29.7 Å². The SMILES string of the molecule is CCC(C(=O)Nc1cc([N+](=O)[O-])ccc1C)N(c1ccc(OC)cc1)S(C)(=O)=O. The number of ether oxygens (including phenoxy) is 1. The summed E-state index contributed by atoms with van der Waals surface area (Å²) >= 11 is 0. The number of anilines is 2. The third-order valence-electron chi connectivity index (χ3n) is 4.35. The summed E-state index contributed by atoms with van der Waals surface area (Å²) < 4.78 is 31.1. The fourth-order valence-corrected chi connectivity index (χ4v) is 4.08. The summed E-state index contributed by atoms with van der Waals surface area (Å²) in [4.78, 5) is 23.4. The van der Waals surface area contributed by atoms with E-state index in [1.165, 1.54) is 25.3 Å². The lowest BCUT2D eigenvalue weighted by Crippen LogP contribution is -2.47. The molecule has 1 atom stereocenters. The molecule has 0 saturated heterocycles. The van der Waals surface area contributed by atoms with E-state index in [4.69, 9.17) is 4.74 Å². The molecule has 29 heavy (non-hydrogen) atoms. The van der Waals surface area contributed by atoms with Crippen LogP contribution in [0.15, 0.2) is 42.5 Å². The number of sulfonamides is 1. The van der Waals surface area contributed by atoms with Crippen LogP contribution in [0, 0.1) is 17.0 Å². The summed E-state index contributed by atoms with van der Waals surface area (Å²) in [7, 11) is -2.30. The van der Waals surface area contributed by atoms with E-state index in [1.54, 1.807) is 38.1 Å². The third kappa shape index (κ3) is 5.23. The number of aryl methyl sites for hydroxylation is 1. The first-order valence-corrected chi connectivity index (χ1v) is 10.6. The van der Waals surface area contributed by atoms with Crippen molar-refractivity contribution in [1.82, 2.24) is 0 Å². The number of non-ortho nitro benzene ring substituents is 1. The maximum atomic E-state index is 12.9. The molecule has 0 aliphatic rings. The minimum atomic E-state index is -3.79. The number of amides is 1. The van der Waals surface area contributed by atoms with Crippen molar-refractivity contribution in [3.63, 3.8) is 0 Å². The van der Waals surface area contributed by atoms with E-state index < -0.39 is 26.9 Å². The molecular formula is C19H23N3O6S. The van der Waals surface area contributed by atoms with Gasteiger partial charge < -0.3 is 10.1 Å². The van der Waals surface area contributed by atoms with Gasteiger partial charge in [0, 0.05) is 12.1 Å². The maximum Gasteiger partial charge on any atom is 0.271 e. The monoisotopic (exact) mass is 421 g/mol. The predicted octanol–water partition coefficient (Wildman–Crippen LogP) is 3.10. The van der Waals surface area contributed by atoms with Crippen molar-refractivity contribution in [2.24, 2.45) is 0 Å². The van der Waals surface area contributed by atoms with Crippen LogP contribution in [0.2, 0.25) is 0 Å². The van der Waals surface area contributed by atoms with Crippen LogP contribution in [-0.4, -0.2) is 38.7 Å². The van der Waals surface area contributed by atoms with Crippen LogP contribution >= 0.6 is 0 Å². The van der Waals surface area contributed by atoms with E-state index in [9.17, 15) is 23.3 Å². The van der Waals surface area contributed by atoms with Gasteiger partial charge in [0.25, 0.3) is 5.69 Å². The second kappa shape index (κ2) is 8.91. The normalized spacial score (nSPS) is 12.1. The highest BCUT2D eigenvalue weighted by Crippen LogP contribution is 2.27. The number of hydrogen-bond donors (Lipinski definition) is 1. The molecule has 2 aromatic rings. The van der Waals surface area contributed by atoms with Gasteiger partial charge in [-0.25, -0.2) is 8.42 Å². The van der Waals surface area contributed by atoms with E-state index in [0.717, 1.165) is 10.6 Å². The molecule has 0 saturated carbocycles. The van der Waals surface area contributed by atoms with Crippen LogP contribution in [-0.2, 0) is 14.8 Å². The Balaban J connectivity index is 2.41. The topological polar surface area (TPSA) is 119 Å². The molecule has 0 spiro atoms. The molecular weight excluding hydrogens is 398 g/mol. The Kier molecular flexibility index (Phi) is 6.80. The number of rotatable bonds is 8. The Morgan fingerprint density at radius 2 is 1.86 bits per heavy atom. The van der Waals surface area contributed by atoms with Gasteiger partial charge in [-0.1, -0.05) is 13.0 Å². The Hall–Kier alpha value is -3.14. The smallest absolute Gasteiger partial charge is 0.271 e. The first-order valence-electron chi connectivity index (χ1n) is 8.77. The van der Waals surface area contributed by atoms with Crippen LogP contribution in [0.1, 0.15) is 18.9 Å². The van der Waals surface area contributed by atoms with Gasteiger partial charge in [-0.15, -0.1) is 0 Å². The van der Waals surface area contributed by atoms with Crippen LogP contribution in [0.3, 0.4) is 0 Å². The highest BCUT2D eigenvalue weighted by atomic mass is 32.2. The largest absolute Gasteiger partial charge is 0.497 e. The van der Waals surface area contributed by atoms with Crippen molar-refractivity contribution < 1.29 is 22.9 Å². The molecule has 0 bridgehead atoms. The van der Waals surface area contributed by atoms with E-state index >= 15 is 0 Å². The number of carbonyl (C=O) groups excluding carboxylic acids is 1. The standard InChI is InChI=1S/C19H23N3O6S/c1-5-18(19(23)20-17-12-15(22(24)25)7-6-13(17)2)21(29(4,26)27)14-8-10-16(28-3)11-9-14/h6-12,18H,5H2,1-4H3,(H,20,23). The zero-order valence-electron chi connectivity index (χ0n) is 16.6. The van der Waals surface area contributed by atoms with Gasteiger partial charge >= 0.3 is 0 Å². The van der Waals surface area contributed by atoms with Gasteiger partial charge in [0.15, 0.2) is 0 Å². The minimum absolute atomic E-state index is 0.172. The lowest BCUT2D eigenvalue weighted by atomic mass is 10.1. The molecule has 0 radical (unpaired) electrons. The molecule has 10 heteroatoms. The van der Waals surface area contributed by atoms with E-state index in [0.29, 0.717) is 17.0 Å². The lowest BCUT2D eigenvalue weighted by Gasteiger charge is -2.30. The summed E-state index contributed by atoms with van der Waals surface area (Å²) in [5, 5.41) is 13.6. The zero-order chi connectivity index (χ0) is 21.8. The van der Waals surface area contributed by atoms with Crippen LogP contribution in [0.5, 0.6) is 5.75 Å². The van der Waals surface area contributed by atoms with E-state index in [1.807, 2.05) is 0 Å². The number of nitro groups is 1. The van der Waals surface area contributed by atoms with Crippen LogP contribution in [0.25, 0.3) is 0 Å². The summed E-state index contributed by atoms with van der Waals surface area (Å²) in [5.41, 5.74) is 1.01. The van der Waals surface area contributed by atoms with Crippen molar-refractivity contribution in [1.29, 1.82) is 0 Å². The number of nitrogens with zero attached hydrogens (tertiary/aromatic N) is 2. The molecule has 2 aromatic carbocycles. The maximum absolute atomic E-state index is 12.9. The first-order chi connectivity index (χ1) is 13.6. The summed E-state index contributed by atoms with van der Waals surface area (Å²) in [6.07, 6.45) is 1.21. The van der Waals surface area contributed by atoms with Crippen molar-refractivity contribution >= 4 is 33.0 Å². The summed E-state index contributed by atoms with van der Waals surface area (Å²) in [6, 6.07) is 9.36. The van der Waals surface area contributed by atoms with Gasteiger partial charge in [0.1, 0.15) is 11.8 Å². The minimum Gasteiger partial charge on any atom is -0.497 e. The Labute approximate surface area is 169 Å². The number of benzene rings is 2. The summed E-state index contributed by atoms with van der Waals surface area (Å²) in [5.74, 6) is -0.0377. The average molecular weight is 421 g/mol. The van der Waals surface area contributed by atoms with Gasteiger partial charge in [-0.3, -0.25) is 19.2 Å². The fourth-order valence-electron chi connectivity index (χ4n) is 2.86. The second-order valence-electron chi connectivity index (χ2n) is 6.43. The van der Waals surface area contributed by atoms with E-state index in [-0.39, 0.29) is 17.8 Å². The molecule has 0 heterocycles. The Morgan fingerprint density at radius 3 is 2.34 bits per heavy atom. The number of nitrogens with one attached hydrogen (secondary N) is 1. The number of methoxy groups -OCH3 is 1. The molecule has 156 valence electrons. The predicted molar refractivity (Wildman–Crippen MR) is 111 cm³/mol. The second-order valence-corrected chi connectivity index (χ2v) is 8.29. The molecule has 0 fully saturated rings. The molecule has 1 amide bonds. The Morgan fingerprint density at radius 1 is 1.24 bits per heavy atom. The third-order valence-corrected chi connectivity index (χ3v) is 5.53. The van der Waals surface area contributed by atoms with Crippen molar-refractivity contribution in [2.75, 3.05) is 23.0 Å². The summed E-state index contributed by atoms with van der Waals surface area (Å²) in [6.45, 7) is 3.38. The molecule has 1 unspecified atom stereocenters. The average Bonchev–Trinajstić information content (AvgIpc) is 2.66. The van der Waals surface area contributed by atoms with Gasteiger partial charge in [0.2, 0.25) is 15.9 Å². The lowest BCUT2D eigenvalue weighted by molar-refractivity contribution is -0.384. The quantitative estimate of drug-likeness (QED) is 0.517. The fraction of sp³-hybridized carbons (Fsp3) is 0.316. The van der Waals surface area contributed by atoms with Crippen LogP contribution < -0.4 is 14.4 Å². The number of hydrogen-bond acceptors (Lipinski definition) is 6. The number of carbonyl (C=O) groups is 1. The van der Waals surface area contributed by atoms with Gasteiger partial charge in [-0.05, 0) is 43.2 Å².